The number of alkyl halides is 2. The lowest BCUT2D eigenvalue weighted by Gasteiger charge is -2.33. The third-order valence-corrected chi connectivity index (χ3v) is 4.72. The number of hydrazine groups is 1. The van der Waals surface area contributed by atoms with Crippen LogP contribution in [0.3, 0.4) is 0 Å². The molecule has 0 aromatic heterocycles. The van der Waals surface area contributed by atoms with Crippen LogP contribution in [0.4, 0.5) is 0 Å². The van der Waals surface area contributed by atoms with Gasteiger partial charge < -0.3 is 9.84 Å². The van der Waals surface area contributed by atoms with Crippen molar-refractivity contribution in [3.05, 3.63) is 0 Å². The standard InChI is InChI=1S/C11H20Cl2N2O2/c1-17-11(16)10-5-9(14-15-10)7-3-2-6(12)4-8(7)13/h6-11,14-16H,2-5H2,1H3. The van der Waals surface area contributed by atoms with Gasteiger partial charge in [0.05, 0.1) is 6.04 Å². The molecule has 6 atom stereocenters. The highest BCUT2D eigenvalue weighted by Gasteiger charge is 2.39. The Hall–Kier alpha value is 0.420. The summed E-state index contributed by atoms with van der Waals surface area (Å²) in [6.07, 6.45) is 2.98. The van der Waals surface area contributed by atoms with Crippen molar-refractivity contribution in [1.82, 2.24) is 10.9 Å². The highest BCUT2D eigenvalue weighted by atomic mass is 35.5. The molecule has 0 amide bonds. The molecule has 4 nitrogen and oxygen atoms in total. The van der Waals surface area contributed by atoms with E-state index in [1.807, 2.05) is 0 Å². The zero-order valence-corrected chi connectivity index (χ0v) is 11.4. The van der Waals surface area contributed by atoms with Crippen LogP contribution in [0.2, 0.25) is 0 Å². The summed E-state index contributed by atoms with van der Waals surface area (Å²) in [7, 11) is 1.50. The van der Waals surface area contributed by atoms with Crippen LogP contribution in [0.1, 0.15) is 25.7 Å². The number of methoxy groups -OCH3 is 1. The molecule has 1 saturated carbocycles. The molecule has 1 saturated heterocycles. The van der Waals surface area contributed by atoms with Crippen LogP contribution in [0, 0.1) is 5.92 Å². The van der Waals surface area contributed by atoms with Gasteiger partial charge in [-0.15, -0.1) is 23.2 Å². The van der Waals surface area contributed by atoms with E-state index in [2.05, 4.69) is 10.9 Å². The van der Waals surface area contributed by atoms with Gasteiger partial charge in [-0.05, 0) is 31.6 Å². The van der Waals surface area contributed by atoms with Gasteiger partial charge in [0.1, 0.15) is 0 Å². The summed E-state index contributed by atoms with van der Waals surface area (Å²) in [5.41, 5.74) is 6.29. The molecular formula is C11H20Cl2N2O2. The van der Waals surface area contributed by atoms with Crippen LogP contribution in [-0.2, 0) is 4.74 Å². The predicted molar refractivity (Wildman–Crippen MR) is 68.1 cm³/mol. The Morgan fingerprint density at radius 3 is 2.65 bits per heavy atom. The Labute approximate surface area is 112 Å². The fourth-order valence-corrected chi connectivity index (χ4v) is 3.71. The predicted octanol–water partition coefficient (Wildman–Crippen LogP) is 1.20. The molecule has 2 aliphatic rings. The van der Waals surface area contributed by atoms with E-state index in [0.717, 1.165) is 25.7 Å². The summed E-state index contributed by atoms with van der Waals surface area (Å²) < 4.78 is 4.91. The van der Waals surface area contributed by atoms with Crippen molar-refractivity contribution in [2.24, 2.45) is 5.92 Å². The van der Waals surface area contributed by atoms with E-state index < -0.39 is 6.29 Å². The molecule has 0 bridgehead atoms. The molecule has 6 heteroatoms. The number of nitrogens with one attached hydrogen (secondary N) is 2. The van der Waals surface area contributed by atoms with Crippen molar-refractivity contribution in [1.29, 1.82) is 0 Å². The van der Waals surface area contributed by atoms with Gasteiger partial charge in [-0.25, -0.2) is 5.43 Å². The van der Waals surface area contributed by atoms with E-state index in [1.54, 1.807) is 0 Å². The molecule has 1 heterocycles. The first-order chi connectivity index (χ1) is 8.11. The highest BCUT2D eigenvalue weighted by Crippen LogP contribution is 2.35. The topological polar surface area (TPSA) is 53.5 Å². The fourth-order valence-electron chi connectivity index (χ4n) is 2.78. The minimum atomic E-state index is -0.773. The number of hydrogen-bond acceptors (Lipinski definition) is 4. The van der Waals surface area contributed by atoms with Gasteiger partial charge in [0.2, 0.25) is 0 Å². The largest absolute Gasteiger partial charge is 0.367 e. The minimum Gasteiger partial charge on any atom is -0.367 e. The summed E-state index contributed by atoms with van der Waals surface area (Å²) in [4.78, 5) is 0. The summed E-state index contributed by atoms with van der Waals surface area (Å²) in [6, 6.07) is 0.221. The van der Waals surface area contributed by atoms with Crippen molar-refractivity contribution in [3.8, 4) is 0 Å². The van der Waals surface area contributed by atoms with E-state index >= 15 is 0 Å². The van der Waals surface area contributed by atoms with Crippen molar-refractivity contribution < 1.29 is 9.84 Å². The maximum Gasteiger partial charge on any atom is 0.170 e. The highest BCUT2D eigenvalue weighted by molar-refractivity contribution is 6.24. The summed E-state index contributed by atoms with van der Waals surface area (Å²) in [6.45, 7) is 0. The first kappa shape index (κ1) is 13.8. The monoisotopic (exact) mass is 282 g/mol. The van der Waals surface area contributed by atoms with Crippen LogP contribution in [-0.4, -0.2) is 41.3 Å². The van der Waals surface area contributed by atoms with Crippen molar-refractivity contribution in [2.75, 3.05) is 7.11 Å². The number of aliphatic hydroxyl groups excluding tert-OH is 1. The molecule has 0 spiro atoms. The molecule has 0 aromatic rings. The Kier molecular flexibility index (Phi) is 4.92. The third kappa shape index (κ3) is 3.25. The van der Waals surface area contributed by atoms with E-state index in [0.29, 0.717) is 5.92 Å². The van der Waals surface area contributed by atoms with E-state index in [1.165, 1.54) is 7.11 Å². The van der Waals surface area contributed by atoms with Gasteiger partial charge in [-0.3, -0.25) is 5.43 Å². The smallest absolute Gasteiger partial charge is 0.170 e. The zero-order valence-electron chi connectivity index (χ0n) is 9.90. The van der Waals surface area contributed by atoms with Crippen molar-refractivity contribution >= 4 is 23.2 Å². The summed E-state index contributed by atoms with van der Waals surface area (Å²) >= 11 is 12.5. The molecule has 0 radical (unpaired) electrons. The van der Waals surface area contributed by atoms with Crippen molar-refractivity contribution in [2.45, 2.75) is 54.8 Å². The Balaban J connectivity index is 1.87. The quantitative estimate of drug-likeness (QED) is 0.538. The van der Waals surface area contributed by atoms with Gasteiger partial charge in [-0.1, -0.05) is 0 Å². The molecule has 100 valence electrons. The second-order valence-corrected chi connectivity index (χ2v) is 6.13. The average Bonchev–Trinajstić information content (AvgIpc) is 2.77. The van der Waals surface area contributed by atoms with Crippen LogP contribution in [0.25, 0.3) is 0 Å². The van der Waals surface area contributed by atoms with E-state index in [4.69, 9.17) is 27.9 Å². The number of hydrogen-bond donors (Lipinski definition) is 3. The summed E-state index contributed by atoms with van der Waals surface area (Å²) in [5, 5.41) is 9.93. The second-order valence-electron chi connectivity index (χ2n) is 4.95. The molecule has 6 unspecified atom stereocenters. The number of ether oxygens (including phenoxy) is 1. The fraction of sp³-hybridized carbons (Fsp3) is 1.00. The maximum atomic E-state index is 9.60. The average molecular weight is 283 g/mol. The molecule has 0 aromatic carbocycles. The first-order valence-corrected chi connectivity index (χ1v) is 6.99. The number of halogens is 2. The molecule has 1 aliphatic carbocycles. The Morgan fingerprint density at radius 2 is 2.00 bits per heavy atom. The van der Waals surface area contributed by atoms with Crippen LogP contribution < -0.4 is 10.9 Å². The lowest BCUT2D eigenvalue weighted by Crippen LogP contribution is -2.43. The molecule has 2 rings (SSSR count). The lowest BCUT2D eigenvalue weighted by atomic mass is 9.82. The number of rotatable bonds is 3. The van der Waals surface area contributed by atoms with Crippen LogP contribution in [0.15, 0.2) is 0 Å². The first-order valence-electron chi connectivity index (χ1n) is 6.12. The SMILES string of the molecule is COC(O)C1CC(C2CCC(Cl)CC2Cl)NN1. The molecule has 3 N–H and O–H groups in total. The maximum absolute atomic E-state index is 9.60. The van der Waals surface area contributed by atoms with Crippen LogP contribution >= 0.6 is 23.2 Å². The van der Waals surface area contributed by atoms with Crippen LogP contribution in [0.5, 0.6) is 0 Å². The number of aliphatic hydroxyl groups is 1. The normalized spacial score (nSPS) is 44.8. The molecule has 17 heavy (non-hydrogen) atoms. The Morgan fingerprint density at radius 1 is 1.24 bits per heavy atom. The van der Waals surface area contributed by atoms with Gasteiger partial charge in [0.25, 0.3) is 0 Å². The van der Waals surface area contributed by atoms with Gasteiger partial charge in [0, 0.05) is 23.9 Å². The molecule has 1 aliphatic heterocycles. The summed E-state index contributed by atoms with van der Waals surface area (Å²) in [5.74, 6) is 0.410. The minimum absolute atomic E-state index is 0.0670. The molecular weight excluding hydrogens is 263 g/mol. The van der Waals surface area contributed by atoms with E-state index in [-0.39, 0.29) is 22.8 Å². The Bertz CT molecular complexity index is 258. The third-order valence-electron chi connectivity index (χ3n) is 3.82. The van der Waals surface area contributed by atoms with Gasteiger partial charge in [0.15, 0.2) is 6.29 Å². The van der Waals surface area contributed by atoms with E-state index in [9.17, 15) is 5.11 Å². The second kappa shape index (κ2) is 6.04. The van der Waals surface area contributed by atoms with Gasteiger partial charge in [-0.2, -0.15) is 0 Å². The zero-order chi connectivity index (χ0) is 12.4. The van der Waals surface area contributed by atoms with Crippen molar-refractivity contribution in [3.63, 3.8) is 0 Å². The lowest BCUT2D eigenvalue weighted by molar-refractivity contribution is -0.0944. The molecule has 2 fully saturated rings. The van der Waals surface area contributed by atoms with Gasteiger partial charge >= 0.3 is 0 Å².